The van der Waals surface area contributed by atoms with E-state index in [1.54, 1.807) is 0 Å². The van der Waals surface area contributed by atoms with Crippen LogP contribution in [0.1, 0.15) is 44.1 Å². The second-order valence-corrected chi connectivity index (χ2v) is 7.25. The Morgan fingerprint density at radius 2 is 2.00 bits per heavy atom. The minimum absolute atomic E-state index is 0. The summed E-state index contributed by atoms with van der Waals surface area (Å²) in [6.07, 6.45) is 4.42. The highest BCUT2D eigenvalue weighted by Gasteiger charge is 2.38. The molecule has 2 unspecified atom stereocenters. The Balaban J connectivity index is 0.00000261. The maximum atomic E-state index is 5.82. The molecule has 0 amide bonds. The molecule has 2 fully saturated rings. The molecule has 1 aromatic rings. The summed E-state index contributed by atoms with van der Waals surface area (Å²) in [7, 11) is 0. The Bertz CT molecular complexity index is 550. The van der Waals surface area contributed by atoms with Crippen LogP contribution in [-0.4, -0.2) is 51.5 Å². The molecule has 3 rings (SSSR count). The minimum Gasteiger partial charge on any atom is -0.381 e. The first-order chi connectivity index (χ1) is 12.9. The zero-order chi connectivity index (χ0) is 18.0. The number of ether oxygens (including phenoxy) is 2. The van der Waals surface area contributed by atoms with Gasteiger partial charge >= 0.3 is 0 Å². The number of nitrogens with zero attached hydrogens (tertiary/aromatic N) is 1. The molecule has 1 aliphatic heterocycles. The van der Waals surface area contributed by atoms with Gasteiger partial charge in [-0.25, -0.2) is 0 Å². The van der Waals surface area contributed by atoms with E-state index in [4.69, 9.17) is 14.5 Å². The van der Waals surface area contributed by atoms with Gasteiger partial charge in [0, 0.05) is 51.5 Å². The van der Waals surface area contributed by atoms with Crippen LogP contribution in [0.25, 0.3) is 0 Å². The molecule has 2 N–H and O–H groups in total. The van der Waals surface area contributed by atoms with Crippen molar-refractivity contribution in [3.63, 3.8) is 0 Å². The Morgan fingerprint density at radius 3 is 2.74 bits per heavy atom. The highest BCUT2D eigenvalue weighted by molar-refractivity contribution is 14.0. The summed E-state index contributed by atoms with van der Waals surface area (Å²) in [4.78, 5) is 4.70. The van der Waals surface area contributed by atoms with Crippen molar-refractivity contribution in [3.8, 4) is 0 Å². The first-order valence-corrected chi connectivity index (χ1v) is 10.1. The summed E-state index contributed by atoms with van der Waals surface area (Å²) < 4.78 is 11.2. The fourth-order valence-electron chi connectivity index (χ4n) is 3.44. The fraction of sp³-hybridized carbons (Fsp3) is 0.667. The van der Waals surface area contributed by atoms with Crippen LogP contribution >= 0.6 is 24.0 Å². The lowest BCUT2D eigenvalue weighted by Gasteiger charge is -2.21. The number of nitrogens with one attached hydrogen (secondary N) is 2. The number of hydrogen-bond acceptors (Lipinski definition) is 3. The zero-order valence-electron chi connectivity index (χ0n) is 16.4. The predicted molar refractivity (Wildman–Crippen MR) is 121 cm³/mol. The van der Waals surface area contributed by atoms with Crippen molar-refractivity contribution in [1.82, 2.24) is 10.6 Å². The van der Waals surface area contributed by atoms with E-state index in [0.29, 0.717) is 17.9 Å². The quantitative estimate of drug-likeness (QED) is 0.242. The van der Waals surface area contributed by atoms with Crippen LogP contribution in [0.2, 0.25) is 0 Å². The number of aliphatic imine (C=N–C) groups is 1. The molecule has 0 spiro atoms. The minimum atomic E-state index is 0. The first kappa shape index (κ1) is 22.4. The van der Waals surface area contributed by atoms with Crippen LogP contribution in [0.4, 0.5) is 0 Å². The van der Waals surface area contributed by atoms with Gasteiger partial charge in [-0.2, -0.15) is 0 Å². The van der Waals surface area contributed by atoms with E-state index in [9.17, 15) is 0 Å². The molecule has 1 heterocycles. The highest BCUT2D eigenvalue weighted by Crippen LogP contribution is 2.40. The normalized spacial score (nSPS) is 22.8. The molecule has 2 aliphatic rings. The SMILES string of the molecule is CCNC(=NCCCOCC1CCOCC1)NC1CC1c1ccccc1.I. The Kier molecular flexibility index (Phi) is 10.4. The molecule has 1 saturated heterocycles. The average Bonchev–Trinajstić information content (AvgIpc) is 3.45. The maximum Gasteiger partial charge on any atom is 0.191 e. The number of halogens is 1. The van der Waals surface area contributed by atoms with Crippen LogP contribution < -0.4 is 10.6 Å². The van der Waals surface area contributed by atoms with Gasteiger partial charge in [-0.15, -0.1) is 24.0 Å². The molecule has 6 heteroatoms. The van der Waals surface area contributed by atoms with Crippen molar-refractivity contribution in [1.29, 1.82) is 0 Å². The van der Waals surface area contributed by atoms with Gasteiger partial charge in [0.2, 0.25) is 0 Å². The van der Waals surface area contributed by atoms with E-state index in [2.05, 4.69) is 47.9 Å². The number of hydrogen-bond donors (Lipinski definition) is 2. The Morgan fingerprint density at radius 1 is 1.22 bits per heavy atom. The molecule has 0 radical (unpaired) electrons. The molecule has 1 saturated carbocycles. The summed E-state index contributed by atoms with van der Waals surface area (Å²) >= 11 is 0. The molecule has 5 nitrogen and oxygen atoms in total. The van der Waals surface area contributed by atoms with Crippen molar-refractivity contribution in [2.24, 2.45) is 10.9 Å². The average molecular weight is 487 g/mol. The van der Waals surface area contributed by atoms with Crippen LogP contribution in [-0.2, 0) is 9.47 Å². The standard InChI is InChI=1S/C21H33N3O2.HI/c1-2-22-21(24-20-15-19(20)18-7-4-3-5-8-18)23-11-6-12-26-16-17-9-13-25-14-10-17;/h3-5,7-8,17,19-20H,2,6,9-16H2,1H3,(H2,22,23,24);1H. The molecule has 2 atom stereocenters. The maximum absolute atomic E-state index is 5.82. The molecular formula is C21H34IN3O2. The van der Waals surface area contributed by atoms with E-state index in [-0.39, 0.29) is 24.0 Å². The van der Waals surface area contributed by atoms with Crippen molar-refractivity contribution in [2.45, 2.75) is 44.6 Å². The molecule has 1 aromatic carbocycles. The van der Waals surface area contributed by atoms with E-state index >= 15 is 0 Å². The first-order valence-electron chi connectivity index (χ1n) is 10.1. The zero-order valence-corrected chi connectivity index (χ0v) is 18.7. The second kappa shape index (κ2) is 12.6. The Labute approximate surface area is 180 Å². The van der Waals surface area contributed by atoms with Crippen molar-refractivity contribution in [2.75, 3.05) is 39.5 Å². The summed E-state index contributed by atoms with van der Waals surface area (Å²) in [6, 6.07) is 11.2. The molecule has 152 valence electrons. The molecule has 1 aliphatic carbocycles. The molecular weight excluding hydrogens is 453 g/mol. The van der Waals surface area contributed by atoms with Gasteiger partial charge in [0.05, 0.1) is 0 Å². The summed E-state index contributed by atoms with van der Waals surface area (Å²) in [6.45, 7) is 7.22. The van der Waals surface area contributed by atoms with Gasteiger partial charge < -0.3 is 20.1 Å². The van der Waals surface area contributed by atoms with Crippen LogP contribution in [0.3, 0.4) is 0 Å². The van der Waals surface area contributed by atoms with Crippen LogP contribution in [0.15, 0.2) is 35.3 Å². The van der Waals surface area contributed by atoms with E-state index in [0.717, 1.165) is 64.7 Å². The third kappa shape index (κ3) is 7.95. The number of rotatable bonds is 9. The van der Waals surface area contributed by atoms with Gasteiger partial charge in [-0.1, -0.05) is 30.3 Å². The van der Waals surface area contributed by atoms with Gasteiger partial charge in [-0.05, 0) is 44.1 Å². The fourth-order valence-corrected chi connectivity index (χ4v) is 3.44. The van der Waals surface area contributed by atoms with Crippen molar-refractivity contribution in [3.05, 3.63) is 35.9 Å². The van der Waals surface area contributed by atoms with Crippen molar-refractivity contribution >= 4 is 29.9 Å². The number of guanidine groups is 1. The van der Waals surface area contributed by atoms with Gasteiger partial charge in [0.15, 0.2) is 5.96 Å². The Hall–Kier alpha value is -0.860. The van der Waals surface area contributed by atoms with Gasteiger partial charge in [-0.3, -0.25) is 4.99 Å². The lowest BCUT2D eigenvalue weighted by Crippen LogP contribution is -2.39. The van der Waals surface area contributed by atoms with Crippen LogP contribution in [0.5, 0.6) is 0 Å². The van der Waals surface area contributed by atoms with Gasteiger partial charge in [0.25, 0.3) is 0 Å². The lowest BCUT2D eigenvalue weighted by molar-refractivity contribution is 0.0205. The second-order valence-electron chi connectivity index (χ2n) is 7.25. The summed E-state index contributed by atoms with van der Waals surface area (Å²) in [5, 5.41) is 6.92. The molecule has 27 heavy (non-hydrogen) atoms. The molecule has 0 bridgehead atoms. The van der Waals surface area contributed by atoms with E-state index < -0.39 is 0 Å². The third-order valence-corrected chi connectivity index (χ3v) is 5.10. The topological polar surface area (TPSA) is 54.9 Å². The van der Waals surface area contributed by atoms with E-state index in [1.807, 2.05) is 0 Å². The number of benzene rings is 1. The smallest absolute Gasteiger partial charge is 0.191 e. The molecule has 0 aromatic heterocycles. The monoisotopic (exact) mass is 487 g/mol. The lowest BCUT2D eigenvalue weighted by atomic mass is 10.0. The van der Waals surface area contributed by atoms with Gasteiger partial charge in [0.1, 0.15) is 0 Å². The third-order valence-electron chi connectivity index (χ3n) is 5.10. The van der Waals surface area contributed by atoms with Crippen LogP contribution in [0, 0.1) is 5.92 Å². The highest BCUT2D eigenvalue weighted by atomic mass is 127. The largest absolute Gasteiger partial charge is 0.381 e. The van der Waals surface area contributed by atoms with E-state index in [1.165, 1.54) is 12.0 Å². The predicted octanol–water partition coefficient (Wildman–Crippen LogP) is 3.55. The summed E-state index contributed by atoms with van der Waals surface area (Å²) in [5.41, 5.74) is 1.42. The van der Waals surface area contributed by atoms with Crippen molar-refractivity contribution < 1.29 is 9.47 Å². The summed E-state index contributed by atoms with van der Waals surface area (Å²) in [5.74, 6) is 2.22.